The molecule has 0 unspecified atom stereocenters. The maximum Gasteiger partial charge on any atom is 0.317 e. The van der Waals surface area contributed by atoms with E-state index in [1.807, 2.05) is 24.0 Å². The molecule has 2 amide bonds. The van der Waals surface area contributed by atoms with Crippen molar-refractivity contribution in [2.75, 3.05) is 19.7 Å². The first-order valence-electron chi connectivity index (χ1n) is 9.04. The van der Waals surface area contributed by atoms with Crippen molar-refractivity contribution in [1.82, 2.24) is 10.2 Å². The summed E-state index contributed by atoms with van der Waals surface area (Å²) < 4.78 is 5.98. The number of carbonyl (C=O) groups is 1. The summed E-state index contributed by atoms with van der Waals surface area (Å²) >= 11 is 0. The largest absolute Gasteiger partial charge is 0.508 e. The lowest BCUT2D eigenvalue weighted by Gasteiger charge is -2.40. The van der Waals surface area contributed by atoms with Crippen molar-refractivity contribution in [2.24, 2.45) is 0 Å². The zero-order valence-corrected chi connectivity index (χ0v) is 14.5. The Morgan fingerprint density at radius 3 is 2.75 bits per heavy atom. The highest BCUT2D eigenvalue weighted by Gasteiger charge is 2.40. The molecule has 1 atom stereocenters. The molecule has 0 aromatic heterocycles. The quantitative estimate of drug-likeness (QED) is 0.891. The zero-order valence-electron chi connectivity index (χ0n) is 14.5. The molecule has 2 N–H and O–H groups in total. The predicted molar refractivity (Wildman–Crippen MR) is 93.1 cm³/mol. The first kappa shape index (κ1) is 17.1. The summed E-state index contributed by atoms with van der Waals surface area (Å²) in [6.45, 7) is 4.10. The average molecular weight is 332 g/mol. The second kappa shape index (κ2) is 7.43. The van der Waals surface area contributed by atoms with Crippen molar-refractivity contribution in [3.05, 3.63) is 29.8 Å². The third-order valence-corrected chi connectivity index (χ3v) is 5.22. The number of nitrogens with one attached hydrogen (secondary N) is 1. The Hall–Kier alpha value is -1.75. The predicted octanol–water partition coefficient (Wildman–Crippen LogP) is 3.07. The molecule has 1 aromatic rings. The number of aromatic hydroxyl groups is 1. The minimum absolute atomic E-state index is 0.0304. The van der Waals surface area contributed by atoms with Gasteiger partial charge in [-0.15, -0.1) is 0 Å². The van der Waals surface area contributed by atoms with Gasteiger partial charge >= 0.3 is 6.03 Å². The number of benzene rings is 1. The van der Waals surface area contributed by atoms with Crippen LogP contribution in [0.3, 0.4) is 0 Å². The van der Waals surface area contributed by atoms with E-state index >= 15 is 0 Å². The van der Waals surface area contributed by atoms with Crippen LogP contribution in [0.2, 0.25) is 0 Å². The number of hydrogen-bond acceptors (Lipinski definition) is 3. The molecule has 24 heavy (non-hydrogen) atoms. The van der Waals surface area contributed by atoms with Gasteiger partial charge in [-0.2, -0.15) is 0 Å². The Morgan fingerprint density at radius 2 is 2.04 bits per heavy atom. The summed E-state index contributed by atoms with van der Waals surface area (Å²) in [5.74, 6) is 0.285. The molecule has 1 saturated heterocycles. The van der Waals surface area contributed by atoms with Gasteiger partial charge in [-0.1, -0.05) is 25.0 Å². The molecule has 2 fully saturated rings. The van der Waals surface area contributed by atoms with Gasteiger partial charge < -0.3 is 20.1 Å². The number of rotatable bonds is 4. The van der Waals surface area contributed by atoms with Gasteiger partial charge in [-0.25, -0.2) is 4.79 Å². The molecular weight excluding hydrogens is 304 g/mol. The monoisotopic (exact) mass is 332 g/mol. The Labute approximate surface area is 144 Å². The van der Waals surface area contributed by atoms with Crippen LogP contribution < -0.4 is 5.32 Å². The third-order valence-electron chi connectivity index (χ3n) is 5.22. The number of urea groups is 1. The molecule has 132 valence electrons. The summed E-state index contributed by atoms with van der Waals surface area (Å²) in [6.07, 6.45) is 6.33. The van der Waals surface area contributed by atoms with Crippen LogP contribution in [-0.4, -0.2) is 47.4 Å². The Morgan fingerprint density at radius 1 is 1.33 bits per heavy atom. The van der Waals surface area contributed by atoms with Crippen molar-refractivity contribution in [3.63, 3.8) is 0 Å². The average Bonchev–Trinajstić information content (AvgIpc) is 3.02. The summed E-state index contributed by atoms with van der Waals surface area (Å²) in [5.41, 5.74) is 1.09. The maximum absolute atomic E-state index is 12.5. The fourth-order valence-electron chi connectivity index (χ4n) is 3.76. The van der Waals surface area contributed by atoms with E-state index in [1.165, 1.54) is 18.4 Å². The third kappa shape index (κ3) is 4.20. The number of nitrogens with zero attached hydrogens (tertiary/aromatic N) is 1. The number of hydrogen-bond donors (Lipinski definition) is 2. The van der Waals surface area contributed by atoms with Crippen molar-refractivity contribution in [2.45, 2.75) is 57.1 Å². The molecule has 2 aliphatic rings. The summed E-state index contributed by atoms with van der Waals surface area (Å²) in [4.78, 5) is 14.5. The Balaban J connectivity index is 1.46. The number of aryl methyl sites for hydroxylation is 1. The molecule has 3 rings (SSSR count). The molecular formula is C19H28N2O3. The Bertz CT molecular complexity index is 552. The minimum atomic E-state index is -0.0785. The van der Waals surface area contributed by atoms with Gasteiger partial charge in [-0.05, 0) is 50.3 Å². The van der Waals surface area contributed by atoms with Crippen LogP contribution in [-0.2, 0) is 11.2 Å². The SMILES string of the molecule is C[C@H](CCc1ccc(O)cc1)NC(=O)N1CCOC2(CCCC2)C1. The van der Waals surface area contributed by atoms with Crippen LogP contribution >= 0.6 is 0 Å². The van der Waals surface area contributed by atoms with Gasteiger partial charge in [0.15, 0.2) is 0 Å². The molecule has 1 aliphatic heterocycles. The second-order valence-corrected chi connectivity index (χ2v) is 7.22. The molecule has 1 aliphatic carbocycles. The van der Waals surface area contributed by atoms with Crippen molar-refractivity contribution in [1.29, 1.82) is 0 Å². The molecule has 1 heterocycles. The van der Waals surface area contributed by atoms with E-state index in [0.717, 1.165) is 32.2 Å². The van der Waals surface area contributed by atoms with Gasteiger partial charge in [0.2, 0.25) is 0 Å². The fraction of sp³-hybridized carbons (Fsp3) is 0.632. The van der Waals surface area contributed by atoms with Gasteiger partial charge in [0.05, 0.1) is 18.8 Å². The van der Waals surface area contributed by atoms with E-state index in [2.05, 4.69) is 5.32 Å². The van der Waals surface area contributed by atoms with Crippen LogP contribution in [0.4, 0.5) is 4.79 Å². The molecule has 1 saturated carbocycles. The highest BCUT2D eigenvalue weighted by Crippen LogP contribution is 2.35. The van der Waals surface area contributed by atoms with Crippen molar-refractivity contribution < 1.29 is 14.6 Å². The van der Waals surface area contributed by atoms with E-state index in [9.17, 15) is 9.90 Å². The van der Waals surface area contributed by atoms with Crippen molar-refractivity contribution >= 4 is 6.03 Å². The molecule has 1 spiro atoms. The number of phenols is 1. The highest BCUT2D eigenvalue weighted by atomic mass is 16.5. The minimum Gasteiger partial charge on any atom is -0.508 e. The van der Waals surface area contributed by atoms with E-state index < -0.39 is 0 Å². The standard InChI is InChI=1S/C19H28N2O3/c1-15(4-5-16-6-8-17(22)9-7-16)20-18(23)21-12-13-24-19(14-21)10-2-3-11-19/h6-9,15,22H,2-5,10-14H2,1H3,(H,20,23)/t15-/m1/s1. The van der Waals surface area contributed by atoms with E-state index in [-0.39, 0.29) is 23.4 Å². The summed E-state index contributed by atoms with van der Waals surface area (Å²) in [6, 6.07) is 7.41. The van der Waals surface area contributed by atoms with Crippen LogP contribution in [0.1, 0.15) is 44.6 Å². The van der Waals surface area contributed by atoms with E-state index in [1.54, 1.807) is 12.1 Å². The van der Waals surface area contributed by atoms with Gasteiger partial charge in [0.1, 0.15) is 5.75 Å². The molecule has 5 heteroatoms. The normalized spacial score (nSPS) is 21.0. The molecule has 5 nitrogen and oxygen atoms in total. The van der Waals surface area contributed by atoms with Crippen LogP contribution in [0.5, 0.6) is 5.75 Å². The number of phenolic OH excluding ortho intramolecular Hbond substituents is 1. The van der Waals surface area contributed by atoms with Gasteiger partial charge in [0, 0.05) is 12.6 Å². The Kier molecular flexibility index (Phi) is 5.29. The highest BCUT2D eigenvalue weighted by molar-refractivity contribution is 5.74. The first-order chi connectivity index (χ1) is 11.6. The maximum atomic E-state index is 12.5. The van der Waals surface area contributed by atoms with Crippen LogP contribution in [0.15, 0.2) is 24.3 Å². The van der Waals surface area contributed by atoms with Crippen LogP contribution in [0.25, 0.3) is 0 Å². The smallest absolute Gasteiger partial charge is 0.317 e. The topological polar surface area (TPSA) is 61.8 Å². The van der Waals surface area contributed by atoms with Gasteiger partial charge in [-0.3, -0.25) is 0 Å². The molecule has 1 aromatic carbocycles. The molecule has 0 radical (unpaired) electrons. The lowest BCUT2D eigenvalue weighted by molar-refractivity contribution is -0.0927. The number of carbonyl (C=O) groups excluding carboxylic acids is 1. The number of morpholine rings is 1. The lowest BCUT2D eigenvalue weighted by atomic mass is 10.00. The van der Waals surface area contributed by atoms with Crippen LogP contribution in [0, 0.1) is 0 Å². The first-order valence-corrected chi connectivity index (χ1v) is 9.04. The summed E-state index contributed by atoms with van der Waals surface area (Å²) in [5, 5.41) is 12.4. The second-order valence-electron chi connectivity index (χ2n) is 7.22. The van der Waals surface area contributed by atoms with Crippen molar-refractivity contribution in [3.8, 4) is 5.75 Å². The van der Waals surface area contributed by atoms with E-state index in [0.29, 0.717) is 13.2 Å². The number of ether oxygens (including phenoxy) is 1. The summed E-state index contributed by atoms with van der Waals surface area (Å²) in [7, 11) is 0. The van der Waals surface area contributed by atoms with Gasteiger partial charge in [0.25, 0.3) is 0 Å². The molecule has 0 bridgehead atoms. The zero-order chi connectivity index (χ0) is 17.0. The number of amides is 2. The van der Waals surface area contributed by atoms with E-state index in [4.69, 9.17) is 4.74 Å². The fourth-order valence-corrected chi connectivity index (χ4v) is 3.76. The lowest BCUT2D eigenvalue weighted by Crippen LogP contribution is -2.55.